The van der Waals surface area contributed by atoms with E-state index in [4.69, 9.17) is 9.47 Å². The third kappa shape index (κ3) is 6.77. The van der Waals surface area contributed by atoms with Gasteiger partial charge in [0.2, 0.25) is 5.88 Å². The molecule has 208 valence electrons. The number of hydrogen-bond acceptors (Lipinski definition) is 5. The molecule has 7 heteroatoms. The molecule has 0 fully saturated rings. The summed E-state index contributed by atoms with van der Waals surface area (Å²) in [5.74, 6) is -0.467. The minimum absolute atomic E-state index is 0.0624. The minimum Gasteiger partial charge on any atom is -0.485 e. The Hall–Kier alpha value is -3.45. The van der Waals surface area contributed by atoms with E-state index in [1.54, 1.807) is 13.0 Å². The Labute approximate surface area is 230 Å². The van der Waals surface area contributed by atoms with E-state index < -0.39 is 17.7 Å². The zero-order chi connectivity index (χ0) is 28.3. The van der Waals surface area contributed by atoms with Crippen LogP contribution in [0, 0.1) is 11.7 Å². The molecule has 2 atom stereocenters. The maximum atomic E-state index is 14.9. The van der Waals surface area contributed by atoms with Gasteiger partial charge in [0.15, 0.2) is 0 Å². The molecule has 2 unspecified atom stereocenters. The fourth-order valence-electron chi connectivity index (χ4n) is 4.79. The van der Waals surface area contributed by atoms with Crippen LogP contribution in [0.3, 0.4) is 0 Å². The van der Waals surface area contributed by atoms with E-state index in [0.717, 1.165) is 46.4 Å². The summed E-state index contributed by atoms with van der Waals surface area (Å²) in [6.45, 7) is 11.2. The molecule has 0 spiro atoms. The van der Waals surface area contributed by atoms with Crippen molar-refractivity contribution in [2.45, 2.75) is 72.1 Å². The lowest BCUT2D eigenvalue weighted by molar-refractivity contribution is -0.141. The first-order valence-corrected chi connectivity index (χ1v) is 13.6. The Balaban J connectivity index is 1.70. The average Bonchev–Trinajstić information content (AvgIpc) is 2.89. The zero-order valence-electron chi connectivity index (χ0n) is 23.8. The molecule has 39 heavy (non-hydrogen) atoms. The highest BCUT2D eigenvalue weighted by molar-refractivity contribution is 5.70. The van der Waals surface area contributed by atoms with Crippen molar-refractivity contribution in [1.82, 2.24) is 9.88 Å². The van der Waals surface area contributed by atoms with E-state index in [-0.39, 0.29) is 11.6 Å². The summed E-state index contributed by atoms with van der Waals surface area (Å²) >= 11 is 0. The first-order chi connectivity index (χ1) is 18.5. The molecule has 2 heterocycles. The van der Waals surface area contributed by atoms with Gasteiger partial charge in [-0.15, -0.1) is 0 Å². The molecule has 1 N–H and O–H groups in total. The van der Waals surface area contributed by atoms with Crippen LogP contribution in [-0.4, -0.2) is 40.2 Å². The molecule has 1 aliphatic heterocycles. The SMILES string of the molecule is CCOc1cc(-c2ccc(C3CCc4ccc(CC(C)C(=O)O)cc4O3)c(CN(C)C(C)(C)C)c2)c(F)cn1. The molecule has 0 saturated heterocycles. The number of hydrogen-bond donors (Lipinski definition) is 1. The van der Waals surface area contributed by atoms with Gasteiger partial charge in [-0.3, -0.25) is 9.69 Å². The van der Waals surface area contributed by atoms with Crippen molar-refractivity contribution in [2.75, 3.05) is 13.7 Å². The smallest absolute Gasteiger partial charge is 0.306 e. The number of nitrogens with zero attached hydrogens (tertiary/aromatic N) is 2. The molecule has 2 aromatic carbocycles. The number of pyridine rings is 1. The fourth-order valence-corrected chi connectivity index (χ4v) is 4.79. The van der Waals surface area contributed by atoms with Gasteiger partial charge in [-0.2, -0.15) is 0 Å². The van der Waals surface area contributed by atoms with E-state index in [1.165, 1.54) is 6.20 Å². The Bertz CT molecular complexity index is 1330. The summed E-state index contributed by atoms with van der Waals surface area (Å²) < 4.78 is 27.0. The second kappa shape index (κ2) is 11.7. The average molecular weight is 535 g/mol. The van der Waals surface area contributed by atoms with Gasteiger partial charge in [0.05, 0.1) is 18.7 Å². The number of carbonyl (C=O) groups is 1. The molecule has 4 rings (SSSR count). The van der Waals surface area contributed by atoms with Gasteiger partial charge in [0, 0.05) is 23.7 Å². The summed E-state index contributed by atoms with van der Waals surface area (Å²) in [6, 6.07) is 13.7. The normalized spacial score (nSPS) is 15.9. The maximum Gasteiger partial charge on any atom is 0.306 e. The first-order valence-electron chi connectivity index (χ1n) is 13.6. The molecule has 0 aliphatic carbocycles. The maximum absolute atomic E-state index is 14.9. The number of aryl methyl sites for hydroxylation is 1. The molecular formula is C32H39FN2O4. The number of aliphatic carboxylic acids is 1. The fraction of sp³-hybridized carbons (Fsp3) is 0.438. The predicted molar refractivity (Wildman–Crippen MR) is 151 cm³/mol. The summed E-state index contributed by atoms with van der Waals surface area (Å²) in [5.41, 5.74) is 5.38. The molecule has 0 radical (unpaired) electrons. The van der Waals surface area contributed by atoms with Crippen LogP contribution in [0.25, 0.3) is 11.1 Å². The highest BCUT2D eigenvalue weighted by Gasteiger charge is 2.27. The van der Waals surface area contributed by atoms with Crippen molar-refractivity contribution >= 4 is 5.97 Å². The third-order valence-corrected chi connectivity index (χ3v) is 7.52. The molecule has 0 saturated carbocycles. The number of benzene rings is 2. The van der Waals surface area contributed by atoms with Gasteiger partial charge in [-0.05, 0) is 94.0 Å². The van der Waals surface area contributed by atoms with Crippen LogP contribution in [0.2, 0.25) is 0 Å². The number of fused-ring (bicyclic) bond motifs is 1. The molecule has 0 bridgehead atoms. The van der Waals surface area contributed by atoms with E-state index in [0.29, 0.717) is 31.0 Å². The Morgan fingerprint density at radius 1 is 1.23 bits per heavy atom. The van der Waals surface area contributed by atoms with E-state index in [2.05, 4.69) is 49.8 Å². The first kappa shape index (κ1) is 28.6. The highest BCUT2D eigenvalue weighted by Crippen LogP contribution is 2.39. The largest absolute Gasteiger partial charge is 0.485 e. The Kier molecular flexibility index (Phi) is 8.60. The second-order valence-corrected chi connectivity index (χ2v) is 11.4. The minimum atomic E-state index is -0.807. The lowest BCUT2D eigenvalue weighted by Gasteiger charge is -2.34. The molecule has 3 aromatic rings. The summed E-state index contributed by atoms with van der Waals surface area (Å²) in [7, 11) is 2.09. The highest BCUT2D eigenvalue weighted by atomic mass is 19.1. The molecule has 1 aromatic heterocycles. The van der Waals surface area contributed by atoms with E-state index >= 15 is 0 Å². The molecule has 1 aliphatic rings. The lowest BCUT2D eigenvalue weighted by atomic mass is 9.90. The van der Waals surface area contributed by atoms with Gasteiger partial charge < -0.3 is 14.6 Å². The second-order valence-electron chi connectivity index (χ2n) is 11.4. The lowest BCUT2D eigenvalue weighted by Crippen LogP contribution is -2.37. The predicted octanol–water partition coefficient (Wildman–Crippen LogP) is 6.85. The van der Waals surface area contributed by atoms with Gasteiger partial charge in [-0.1, -0.05) is 31.2 Å². The van der Waals surface area contributed by atoms with Crippen molar-refractivity contribution < 1.29 is 23.8 Å². The van der Waals surface area contributed by atoms with Crippen LogP contribution >= 0.6 is 0 Å². The summed E-state index contributed by atoms with van der Waals surface area (Å²) in [5, 5.41) is 9.33. The number of carboxylic acids is 1. The summed E-state index contributed by atoms with van der Waals surface area (Å²) in [6.07, 6.45) is 3.18. The van der Waals surface area contributed by atoms with Crippen LogP contribution in [0.15, 0.2) is 48.7 Å². The number of halogens is 1. The Morgan fingerprint density at radius 3 is 2.69 bits per heavy atom. The van der Waals surface area contributed by atoms with Gasteiger partial charge in [0.25, 0.3) is 0 Å². The number of aromatic nitrogens is 1. The number of rotatable bonds is 9. The van der Waals surface area contributed by atoms with Crippen molar-refractivity contribution in [3.63, 3.8) is 0 Å². The van der Waals surface area contributed by atoms with E-state index in [1.807, 2.05) is 31.2 Å². The quantitative estimate of drug-likeness (QED) is 0.324. The van der Waals surface area contributed by atoms with Crippen LogP contribution in [0.1, 0.15) is 69.4 Å². The third-order valence-electron chi connectivity index (χ3n) is 7.52. The van der Waals surface area contributed by atoms with Crippen LogP contribution in [0.5, 0.6) is 11.6 Å². The van der Waals surface area contributed by atoms with Crippen LogP contribution < -0.4 is 9.47 Å². The van der Waals surface area contributed by atoms with Crippen molar-refractivity contribution in [3.05, 3.63) is 76.7 Å². The number of carboxylic acid groups (broad SMARTS) is 1. The molecule has 0 amide bonds. The van der Waals surface area contributed by atoms with E-state index in [9.17, 15) is 14.3 Å². The molecule has 6 nitrogen and oxygen atoms in total. The van der Waals surface area contributed by atoms with Crippen molar-refractivity contribution in [1.29, 1.82) is 0 Å². The Morgan fingerprint density at radius 2 is 2.00 bits per heavy atom. The summed E-state index contributed by atoms with van der Waals surface area (Å²) in [4.78, 5) is 17.7. The van der Waals surface area contributed by atoms with Crippen LogP contribution in [-0.2, 0) is 24.2 Å². The van der Waals surface area contributed by atoms with Gasteiger partial charge in [0.1, 0.15) is 17.7 Å². The van der Waals surface area contributed by atoms with Crippen molar-refractivity contribution in [2.24, 2.45) is 5.92 Å². The molecular weight excluding hydrogens is 495 g/mol. The van der Waals surface area contributed by atoms with Crippen molar-refractivity contribution in [3.8, 4) is 22.8 Å². The standard InChI is InChI=1S/C32H39FN2O4/c1-7-38-30-17-26(27(33)18-34-30)23-10-12-25(24(16-23)19-35(6)32(3,4)5)28-13-11-22-9-8-21(15-29(22)39-28)14-20(2)31(36)37/h8-10,12,15-18,20,28H,7,11,13-14,19H2,1-6H3,(H,36,37). The van der Waals surface area contributed by atoms with Gasteiger partial charge in [-0.25, -0.2) is 9.37 Å². The van der Waals surface area contributed by atoms with Gasteiger partial charge >= 0.3 is 5.97 Å². The number of ether oxygens (including phenoxy) is 2. The topological polar surface area (TPSA) is 71.9 Å². The zero-order valence-corrected chi connectivity index (χ0v) is 23.8. The van der Waals surface area contributed by atoms with Crippen LogP contribution in [0.4, 0.5) is 4.39 Å². The monoisotopic (exact) mass is 534 g/mol.